The van der Waals surface area contributed by atoms with Gasteiger partial charge in [-0.1, -0.05) is 36.4 Å². The van der Waals surface area contributed by atoms with Crippen LogP contribution in [0.15, 0.2) is 43.0 Å². The Morgan fingerprint density at radius 3 is 2.74 bits per heavy atom. The molecule has 1 amide bonds. The van der Waals surface area contributed by atoms with E-state index in [0.717, 1.165) is 5.56 Å². The maximum atomic E-state index is 12.2. The number of carbonyl (C=O) groups excluding carboxylic acids is 1. The van der Waals surface area contributed by atoms with Crippen LogP contribution in [-0.2, 0) is 4.79 Å². The number of carbonyl (C=O) groups is 1. The van der Waals surface area contributed by atoms with E-state index in [9.17, 15) is 9.90 Å². The molecule has 1 fully saturated rings. The topological polar surface area (TPSA) is 40.5 Å². The number of benzene rings is 1. The number of rotatable bonds is 5. The van der Waals surface area contributed by atoms with Crippen LogP contribution in [0.4, 0.5) is 0 Å². The summed E-state index contributed by atoms with van der Waals surface area (Å²) >= 11 is 0. The van der Waals surface area contributed by atoms with Crippen LogP contribution in [0.1, 0.15) is 31.4 Å². The number of likely N-dealkylation sites (tertiary alicyclic amines) is 1. The van der Waals surface area contributed by atoms with Gasteiger partial charge in [-0.3, -0.25) is 4.79 Å². The molecule has 0 bridgehead atoms. The van der Waals surface area contributed by atoms with Gasteiger partial charge in [0.1, 0.15) is 0 Å². The van der Waals surface area contributed by atoms with Gasteiger partial charge in [0.05, 0.1) is 12.6 Å². The largest absolute Gasteiger partial charge is 0.396 e. The first-order valence-corrected chi connectivity index (χ1v) is 6.68. The number of nitrogens with zero attached hydrogens (tertiary/aromatic N) is 1. The van der Waals surface area contributed by atoms with Gasteiger partial charge < -0.3 is 10.0 Å². The molecular formula is C16H21NO2. The molecule has 0 radical (unpaired) electrons. The van der Waals surface area contributed by atoms with Crippen molar-refractivity contribution >= 4 is 5.91 Å². The first-order chi connectivity index (χ1) is 9.12. The molecule has 0 aliphatic carbocycles. The van der Waals surface area contributed by atoms with E-state index in [1.807, 2.05) is 42.2 Å². The molecule has 0 aromatic heterocycles. The van der Waals surface area contributed by atoms with Gasteiger partial charge in [-0.15, -0.1) is 6.58 Å². The Labute approximate surface area is 114 Å². The van der Waals surface area contributed by atoms with Crippen LogP contribution in [0.5, 0.6) is 0 Å². The van der Waals surface area contributed by atoms with Crippen molar-refractivity contribution in [1.82, 2.24) is 4.90 Å². The highest BCUT2D eigenvalue weighted by atomic mass is 16.3. The maximum absolute atomic E-state index is 12.2. The van der Waals surface area contributed by atoms with E-state index >= 15 is 0 Å². The molecule has 1 aliphatic heterocycles. The van der Waals surface area contributed by atoms with Gasteiger partial charge in [-0.2, -0.15) is 0 Å². The molecule has 0 spiro atoms. The lowest BCUT2D eigenvalue weighted by Crippen LogP contribution is -2.32. The van der Waals surface area contributed by atoms with Crippen molar-refractivity contribution in [3.8, 4) is 0 Å². The van der Waals surface area contributed by atoms with Gasteiger partial charge in [-0.05, 0) is 18.9 Å². The fourth-order valence-electron chi connectivity index (χ4n) is 2.81. The minimum Gasteiger partial charge on any atom is -0.396 e. The number of amides is 1. The maximum Gasteiger partial charge on any atom is 0.223 e. The Morgan fingerprint density at radius 1 is 1.47 bits per heavy atom. The van der Waals surface area contributed by atoms with Crippen molar-refractivity contribution in [3.63, 3.8) is 0 Å². The first kappa shape index (κ1) is 13.8. The minimum absolute atomic E-state index is 0.0305. The van der Waals surface area contributed by atoms with Crippen LogP contribution in [0.2, 0.25) is 0 Å². The summed E-state index contributed by atoms with van der Waals surface area (Å²) in [5.41, 5.74) is 0.783. The highest BCUT2D eigenvalue weighted by Crippen LogP contribution is 2.38. The molecule has 1 aliphatic rings. The minimum atomic E-state index is -0.345. The predicted molar refractivity (Wildman–Crippen MR) is 75.5 cm³/mol. The molecule has 1 saturated heterocycles. The van der Waals surface area contributed by atoms with Gasteiger partial charge in [-0.25, -0.2) is 0 Å². The van der Waals surface area contributed by atoms with Crippen LogP contribution < -0.4 is 0 Å². The Balaban J connectivity index is 2.18. The van der Waals surface area contributed by atoms with Crippen molar-refractivity contribution in [2.75, 3.05) is 13.2 Å². The Kier molecular flexibility index (Phi) is 4.05. The lowest BCUT2D eigenvalue weighted by Gasteiger charge is -2.29. The van der Waals surface area contributed by atoms with E-state index in [0.29, 0.717) is 19.4 Å². The third kappa shape index (κ3) is 2.71. The van der Waals surface area contributed by atoms with Crippen LogP contribution in [-0.4, -0.2) is 29.1 Å². The summed E-state index contributed by atoms with van der Waals surface area (Å²) in [6.07, 6.45) is 2.88. The van der Waals surface area contributed by atoms with Gasteiger partial charge in [0, 0.05) is 18.4 Å². The normalized spacial score (nSPS) is 24.5. The lowest BCUT2D eigenvalue weighted by molar-refractivity contribution is -0.129. The molecule has 3 heteroatoms. The third-order valence-corrected chi connectivity index (χ3v) is 4.01. The van der Waals surface area contributed by atoms with E-state index in [1.165, 1.54) is 0 Å². The summed E-state index contributed by atoms with van der Waals surface area (Å²) in [6, 6.07) is 10.0. The van der Waals surface area contributed by atoms with Crippen LogP contribution in [0.25, 0.3) is 0 Å². The standard InChI is InChI=1S/C16H21NO2/c1-3-9-16(12-18)10-15(19)17(11-16)13(2)14-7-5-4-6-8-14/h3-8,13,18H,1,9-12H2,2H3/t13-,16-/m1/s1. The summed E-state index contributed by atoms with van der Waals surface area (Å²) < 4.78 is 0. The van der Waals surface area contributed by atoms with Gasteiger partial charge in [0.2, 0.25) is 5.91 Å². The highest BCUT2D eigenvalue weighted by Gasteiger charge is 2.43. The van der Waals surface area contributed by atoms with Crippen LogP contribution >= 0.6 is 0 Å². The lowest BCUT2D eigenvalue weighted by atomic mass is 9.84. The van der Waals surface area contributed by atoms with E-state index in [4.69, 9.17) is 0 Å². The van der Waals surface area contributed by atoms with Crippen molar-refractivity contribution in [3.05, 3.63) is 48.6 Å². The monoisotopic (exact) mass is 259 g/mol. The van der Waals surface area contributed by atoms with Crippen molar-refractivity contribution in [2.45, 2.75) is 25.8 Å². The number of allylic oxidation sites excluding steroid dienone is 1. The zero-order valence-electron chi connectivity index (χ0n) is 11.4. The average molecular weight is 259 g/mol. The van der Waals surface area contributed by atoms with E-state index < -0.39 is 0 Å². The van der Waals surface area contributed by atoms with E-state index in [-0.39, 0.29) is 24.0 Å². The zero-order chi connectivity index (χ0) is 13.9. The summed E-state index contributed by atoms with van der Waals surface area (Å²) in [7, 11) is 0. The highest BCUT2D eigenvalue weighted by molar-refractivity contribution is 5.80. The van der Waals surface area contributed by atoms with Gasteiger partial charge in [0.15, 0.2) is 0 Å². The Bertz CT molecular complexity index is 457. The molecule has 1 N–H and O–H groups in total. The summed E-state index contributed by atoms with van der Waals surface area (Å²) in [6.45, 7) is 6.40. The molecule has 0 saturated carbocycles. The molecule has 1 aromatic rings. The molecule has 1 heterocycles. The predicted octanol–water partition coefficient (Wildman–Crippen LogP) is 2.53. The molecule has 102 valence electrons. The molecule has 3 nitrogen and oxygen atoms in total. The smallest absolute Gasteiger partial charge is 0.223 e. The average Bonchev–Trinajstić information content (AvgIpc) is 2.77. The second kappa shape index (κ2) is 5.57. The molecule has 19 heavy (non-hydrogen) atoms. The molecule has 2 rings (SSSR count). The van der Waals surface area contributed by atoms with Gasteiger partial charge >= 0.3 is 0 Å². The fraction of sp³-hybridized carbons (Fsp3) is 0.438. The SMILES string of the molecule is C=CC[C@@]1(CO)CC(=O)N([C@H](C)c2ccccc2)C1. The van der Waals surface area contributed by atoms with Gasteiger partial charge in [0.25, 0.3) is 0 Å². The second-order valence-electron chi connectivity index (χ2n) is 5.44. The number of aliphatic hydroxyl groups excluding tert-OH is 1. The number of hydrogen-bond acceptors (Lipinski definition) is 2. The van der Waals surface area contributed by atoms with Crippen molar-refractivity contribution in [2.24, 2.45) is 5.41 Å². The number of hydrogen-bond donors (Lipinski definition) is 1. The van der Waals surface area contributed by atoms with Crippen molar-refractivity contribution in [1.29, 1.82) is 0 Å². The van der Waals surface area contributed by atoms with Crippen LogP contribution in [0, 0.1) is 5.41 Å². The Hall–Kier alpha value is -1.61. The Morgan fingerprint density at radius 2 is 2.16 bits per heavy atom. The summed E-state index contributed by atoms with van der Waals surface area (Å²) in [5.74, 6) is 0.118. The first-order valence-electron chi connectivity index (χ1n) is 6.68. The van der Waals surface area contributed by atoms with E-state index in [2.05, 4.69) is 6.58 Å². The molecular weight excluding hydrogens is 238 g/mol. The summed E-state index contributed by atoms with van der Waals surface area (Å²) in [5, 5.41) is 9.61. The molecule has 2 atom stereocenters. The second-order valence-corrected chi connectivity index (χ2v) is 5.44. The molecule has 1 aromatic carbocycles. The third-order valence-electron chi connectivity index (χ3n) is 4.01. The molecule has 0 unspecified atom stereocenters. The van der Waals surface area contributed by atoms with E-state index in [1.54, 1.807) is 6.08 Å². The quantitative estimate of drug-likeness (QED) is 0.825. The zero-order valence-corrected chi connectivity index (χ0v) is 11.4. The van der Waals surface area contributed by atoms with Crippen molar-refractivity contribution < 1.29 is 9.90 Å². The fourth-order valence-corrected chi connectivity index (χ4v) is 2.81. The van der Waals surface area contributed by atoms with Crippen LogP contribution in [0.3, 0.4) is 0 Å². The number of aliphatic hydroxyl groups is 1. The summed E-state index contributed by atoms with van der Waals surface area (Å²) in [4.78, 5) is 14.1.